The van der Waals surface area contributed by atoms with Crippen molar-refractivity contribution in [2.45, 2.75) is 52.1 Å². The summed E-state index contributed by atoms with van der Waals surface area (Å²) in [5.74, 6) is 0.420. The third kappa shape index (κ3) is 5.08. The maximum absolute atomic E-state index is 13.5. The van der Waals surface area contributed by atoms with E-state index in [-0.39, 0.29) is 5.91 Å². The first-order valence-corrected chi connectivity index (χ1v) is 13.7. The van der Waals surface area contributed by atoms with Gasteiger partial charge in [0.1, 0.15) is 0 Å². The van der Waals surface area contributed by atoms with E-state index in [1.165, 1.54) is 5.56 Å². The number of nitrogens with one attached hydrogen (secondary N) is 1. The lowest BCUT2D eigenvalue weighted by atomic mass is 10.0. The van der Waals surface area contributed by atoms with Crippen LogP contribution < -0.4 is 5.32 Å². The van der Waals surface area contributed by atoms with Gasteiger partial charge in [-0.2, -0.15) is 5.10 Å². The summed E-state index contributed by atoms with van der Waals surface area (Å²) in [6.45, 7) is 7.10. The van der Waals surface area contributed by atoms with Gasteiger partial charge in [0.2, 0.25) is 5.95 Å². The summed E-state index contributed by atoms with van der Waals surface area (Å²) >= 11 is 0. The van der Waals surface area contributed by atoms with Gasteiger partial charge < -0.3 is 9.30 Å². The normalized spacial score (nSPS) is 17.4. The molecule has 1 amide bonds. The van der Waals surface area contributed by atoms with Crippen LogP contribution in [-0.4, -0.2) is 61.4 Å². The zero-order valence-electron chi connectivity index (χ0n) is 22.2. The van der Waals surface area contributed by atoms with Crippen LogP contribution in [0, 0.1) is 6.92 Å². The average Bonchev–Trinajstić information content (AvgIpc) is 3.45. The molecule has 0 atom stereocenters. The van der Waals surface area contributed by atoms with Crippen molar-refractivity contribution < 1.29 is 9.53 Å². The second-order valence-corrected chi connectivity index (χ2v) is 10.4. The molecule has 9 heteroatoms. The van der Waals surface area contributed by atoms with Crippen LogP contribution in [0.1, 0.15) is 53.0 Å². The number of imidazole rings is 1. The molecule has 2 aliphatic heterocycles. The van der Waals surface area contributed by atoms with E-state index in [4.69, 9.17) is 14.7 Å². The summed E-state index contributed by atoms with van der Waals surface area (Å²) in [6, 6.07) is 10.2. The minimum atomic E-state index is -0.179. The molecule has 6 rings (SSSR count). The molecular formula is C29H35N7O2. The van der Waals surface area contributed by atoms with E-state index < -0.39 is 0 Å². The van der Waals surface area contributed by atoms with E-state index in [1.807, 2.05) is 37.0 Å². The van der Waals surface area contributed by atoms with Crippen LogP contribution in [0.4, 0.5) is 5.95 Å². The van der Waals surface area contributed by atoms with Crippen molar-refractivity contribution in [2.75, 3.05) is 31.6 Å². The first kappa shape index (κ1) is 24.8. The number of carbonyl (C=O) groups is 1. The predicted molar refractivity (Wildman–Crippen MR) is 147 cm³/mol. The van der Waals surface area contributed by atoms with Crippen molar-refractivity contribution in [2.24, 2.45) is 7.05 Å². The molecule has 3 aromatic heterocycles. The number of rotatable bonds is 2. The zero-order chi connectivity index (χ0) is 26.1. The number of benzene rings is 1. The monoisotopic (exact) mass is 513 g/mol. The number of aromatic nitrogens is 5. The molecule has 2 aliphatic rings. The second-order valence-electron chi connectivity index (χ2n) is 10.4. The highest BCUT2D eigenvalue weighted by Crippen LogP contribution is 2.27. The van der Waals surface area contributed by atoms with Gasteiger partial charge >= 0.3 is 0 Å². The Bertz CT molecular complexity index is 1470. The lowest BCUT2D eigenvalue weighted by molar-refractivity contribution is 0.0342. The Morgan fingerprint density at radius 1 is 1.00 bits per heavy atom. The third-order valence-corrected chi connectivity index (χ3v) is 7.65. The van der Waals surface area contributed by atoms with Crippen molar-refractivity contribution in [1.82, 2.24) is 29.2 Å². The van der Waals surface area contributed by atoms with Crippen LogP contribution in [0.15, 0.2) is 36.5 Å². The number of amides is 1. The lowest BCUT2D eigenvalue weighted by Gasteiger charge is -2.26. The van der Waals surface area contributed by atoms with Crippen molar-refractivity contribution in [3.05, 3.63) is 59.0 Å². The molecule has 0 aliphatic carbocycles. The second kappa shape index (κ2) is 10.7. The van der Waals surface area contributed by atoms with E-state index in [0.717, 1.165) is 105 Å². The van der Waals surface area contributed by atoms with Gasteiger partial charge in [0.15, 0.2) is 0 Å². The van der Waals surface area contributed by atoms with Crippen LogP contribution >= 0.6 is 0 Å². The van der Waals surface area contributed by atoms with Crippen LogP contribution in [-0.2, 0) is 31.3 Å². The van der Waals surface area contributed by atoms with Crippen LogP contribution in [0.3, 0.4) is 0 Å². The molecule has 5 heterocycles. The van der Waals surface area contributed by atoms with Gasteiger partial charge in [0, 0.05) is 55.7 Å². The third-order valence-electron chi connectivity index (χ3n) is 7.65. The molecule has 9 nitrogen and oxygen atoms in total. The molecule has 0 spiro atoms. The minimum Gasteiger partial charge on any atom is -0.379 e. The summed E-state index contributed by atoms with van der Waals surface area (Å²) in [5, 5.41) is 7.62. The summed E-state index contributed by atoms with van der Waals surface area (Å²) in [4.78, 5) is 25.5. The number of morpholine rings is 1. The van der Waals surface area contributed by atoms with Crippen LogP contribution in [0.25, 0.3) is 22.3 Å². The number of anilines is 1. The van der Waals surface area contributed by atoms with Gasteiger partial charge in [0.25, 0.3) is 5.91 Å². The molecule has 1 saturated heterocycles. The molecule has 0 unspecified atom stereocenters. The number of ether oxygens (including phenoxy) is 1. The van der Waals surface area contributed by atoms with E-state index in [2.05, 4.69) is 38.1 Å². The maximum atomic E-state index is 13.5. The highest BCUT2D eigenvalue weighted by atomic mass is 16.5. The van der Waals surface area contributed by atoms with E-state index in [0.29, 0.717) is 11.5 Å². The number of hydrogen-bond donors (Lipinski definition) is 1. The zero-order valence-corrected chi connectivity index (χ0v) is 22.2. The van der Waals surface area contributed by atoms with Gasteiger partial charge in [-0.05, 0) is 56.0 Å². The SMILES string of the molecule is Cc1cc2cc(n1)-c1cnn(C)c1CCCCCCn1c(nc3ccc(CN4CCOCC4)cc31)NC2=O. The number of fused-ring (bicyclic) bond motifs is 7. The van der Waals surface area contributed by atoms with Gasteiger partial charge in [-0.25, -0.2) is 4.98 Å². The fourth-order valence-corrected chi connectivity index (χ4v) is 5.61. The largest absolute Gasteiger partial charge is 0.379 e. The van der Waals surface area contributed by atoms with Crippen molar-refractivity contribution in [3.63, 3.8) is 0 Å². The molecule has 1 aromatic carbocycles. The highest BCUT2D eigenvalue weighted by Gasteiger charge is 2.19. The smallest absolute Gasteiger partial charge is 0.258 e. The van der Waals surface area contributed by atoms with Crippen LogP contribution in [0.5, 0.6) is 0 Å². The summed E-state index contributed by atoms with van der Waals surface area (Å²) in [5.41, 5.74) is 7.55. The van der Waals surface area contributed by atoms with Crippen LogP contribution in [0.2, 0.25) is 0 Å². The number of hydrogen-bond acceptors (Lipinski definition) is 6. The Morgan fingerprint density at radius 3 is 2.71 bits per heavy atom. The highest BCUT2D eigenvalue weighted by molar-refractivity contribution is 6.04. The molecule has 0 radical (unpaired) electrons. The fraction of sp³-hybridized carbons (Fsp3) is 0.448. The van der Waals surface area contributed by atoms with Gasteiger partial charge in [-0.1, -0.05) is 18.9 Å². The number of pyridine rings is 1. The average molecular weight is 514 g/mol. The first-order chi connectivity index (χ1) is 18.5. The van der Waals surface area contributed by atoms with Gasteiger partial charge in [0.05, 0.1) is 36.1 Å². The molecule has 1 N–H and O–H groups in total. The molecule has 38 heavy (non-hydrogen) atoms. The Labute approximate surface area is 222 Å². The first-order valence-electron chi connectivity index (χ1n) is 13.7. The van der Waals surface area contributed by atoms with E-state index in [1.54, 1.807) is 0 Å². The predicted octanol–water partition coefficient (Wildman–Crippen LogP) is 4.34. The van der Waals surface area contributed by atoms with Crippen molar-refractivity contribution in [3.8, 4) is 11.3 Å². The number of nitrogens with zero attached hydrogens (tertiary/aromatic N) is 6. The summed E-state index contributed by atoms with van der Waals surface area (Å²) in [6.07, 6.45) is 7.16. The quantitative estimate of drug-likeness (QED) is 0.429. The van der Waals surface area contributed by atoms with E-state index >= 15 is 0 Å². The number of aryl methyl sites for hydroxylation is 3. The molecular weight excluding hydrogens is 478 g/mol. The Kier molecular flexibility index (Phi) is 6.95. The standard InChI is InChI=1S/C29H35N7O2/c1-20-15-22-17-25(31-20)23-18-30-34(2)26(23)7-5-3-4-6-10-36-27-16-21(19-35-11-13-38-14-12-35)8-9-24(27)32-29(36)33-28(22)37/h8-9,15-18H,3-7,10-14,19H2,1-2H3,(H,32,33,37). The Morgan fingerprint density at radius 2 is 1.84 bits per heavy atom. The molecule has 4 aromatic rings. The minimum absolute atomic E-state index is 0.179. The van der Waals surface area contributed by atoms with Gasteiger partial charge in [-0.3, -0.25) is 24.7 Å². The summed E-state index contributed by atoms with van der Waals surface area (Å²) < 4.78 is 9.63. The fourth-order valence-electron chi connectivity index (χ4n) is 5.61. The maximum Gasteiger partial charge on any atom is 0.258 e. The molecule has 0 saturated carbocycles. The van der Waals surface area contributed by atoms with Crippen molar-refractivity contribution in [1.29, 1.82) is 0 Å². The lowest BCUT2D eigenvalue weighted by Crippen LogP contribution is -2.35. The Balaban J connectivity index is 1.36. The molecule has 198 valence electrons. The van der Waals surface area contributed by atoms with Gasteiger partial charge in [-0.15, -0.1) is 0 Å². The molecule has 2 bridgehead atoms. The van der Waals surface area contributed by atoms with Crippen molar-refractivity contribution >= 4 is 22.9 Å². The topological polar surface area (TPSA) is 90.1 Å². The number of carbonyl (C=O) groups excluding carboxylic acids is 1. The Hall–Kier alpha value is -3.56. The molecule has 1 fully saturated rings. The summed E-state index contributed by atoms with van der Waals surface area (Å²) in [7, 11) is 1.98. The van der Waals surface area contributed by atoms with E-state index in [9.17, 15) is 4.79 Å².